The predicted molar refractivity (Wildman–Crippen MR) is 126 cm³/mol. The Balaban J connectivity index is 1.55. The van der Waals surface area contributed by atoms with Crippen LogP contribution in [0.5, 0.6) is 0 Å². The highest BCUT2D eigenvalue weighted by Crippen LogP contribution is 2.26. The Bertz CT molecular complexity index is 1540. The van der Waals surface area contributed by atoms with E-state index in [1.165, 1.54) is 0 Å². The van der Waals surface area contributed by atoms with Crippen molar-refractivity contribution in [2.75, 3.05) is 5.32 Å². The fourth-order valence-electron chi connectivity index (χ4n) is 3.71. The Kier molecular flexibility index (Phi) is 5.24. The normalized spacial score (nSPS) is 12.0. The highest BCUT2D eigenvalue weighted by molar-refractivity contribution is 5.82. The van der Waals surface area contributed by atoms with Crippen molar-refractivity contribution in [2.24, 2.45) is 0 Å². The number of hydrogen-bond acceptors (Lipinski definition) is 8. The minimum Gasteiger partial charge on any atom is -0.389 e. The van der Waals surface area contributed by atoms with Crippen LogP contribution in [0.15, 0.2) is 54.9 Å². The number of aliphatic hydroxyl groups is 1. The van der Waals surface area contributed by atoms with Crippen molar-refractivity contribution in [3.05, 3.63) is 77.5 Å². The maximum absolute atomic E-state index is 10.3. The number of benzene rings is 1. The number of pyridine rings is 1. The van der Waals surface area contributed by atoms with Crippen LogP contribution in [0.25, 0.3) is 22.7 Å². The van der Waals surface area contributed by atoms with Gasteiger partial charge in [-0.2, -0.15) is 15.5 Å². The first-order valence-electron chi connectivity index (χ1n) is 10.6. The first-order valence-corrected chi connectivity index (χ1v) is 10.6. The molecule has 0 aliphatic carbocycles. The van der Waals surface area contributed by atoms with Gasteiger partial charge in [-0.05, 0) is 69.3 Å². The van der Waals surface area contributed by atoms with E-state index < -0.39 is 6.10 Å². The summed E-state index contributed by atoms with van der Waals surface area (Å²) in [5, 5.41) is 35.3. The molecule has 0 bridgehead atoms. The van der Waals surface area contributed by atoms with E-state index in [0.717, 1.165) is 28.1 Å². The average molecular weight is 451 g/mol. The van der Waals surface area contributed by atoms with Gasteiger partial charge in [-0.1, -0.05) is 0 Å². The lowest BCUT2D eigenvalue weighted by Crippen LogP contribution is -2.10. The van der Waals surface area contributed by atoms with E-state index in [-0.39, 0.29) is 5.69 Å². The maximum Gasteiger partial charge on any atom is 0.163 e. The maximum atomic E-state index is 10.3. The number of nitriles is 1. The number of imidazole rings is 1. The molecule has 0 aliphatic heterocycles. The van der Waals surface area contributed by atoms with Crippen LogP contribution in [-0.2, 0) is 0 Å². The Morgan fingerprint density at radius 3 is 2.62 bits per heavy atom. The lowest BCUT2D eigenvalue weighted by atomic mass is 10.1. The molecule has 0 radical (unpaired) electrons. The molecule has 10 nitrogen and oxygen atoms in total. The van der Waals surface area contributed by atoms with E-state index in [0.29, 0.717) is 23.0 Å². The van der Waals surface area contributed by atoms with Gasteiger partial charge in [0.1, 0.15) is 18.2 Å². The molecular formula is C24H21N9O. The third-order valence-electron chi connectivity index (χ3n) is 5.41. The standard InChI is InChI=1S/C24H21N9O/c1-14-4-8-22(30-29-14)27-17-5-7-21-20(11-17)26-13-32(21)23-9-6-19(16(3)34)24(28-23)33-15(2)10-18(12-25)31-33/h4-11,13,16,34H,1-3H3,(H,27,30). The summed E-state index contributed by atoms with van der Waals surface area (Å²) >= 11 is 0. The molecule has 10 heteroatoms. The molecule has 0 saturated heterocycles. The van der Waals surface area contributed by atoms with Crippen molar-refractivity contribution in [1.29, 1.82) is 5.26 Å². The zero-order valence-electron chi connectivity index (χ0n) is 18.8. The van der Waals surface area contributed by atoms with Crippen molar-refractivity contribution in [1.82, 2.24) is 34.5 Å². The summed E-state index contributed by atoms with van der Waals surface area (Å²) in [6.45, 7) is 5.40. The molecular weight excluding hydrogens is 430 g/mol. The van der Waals surface area contributed by atoms with Crippen molar-refractivity contribution in [3.8, 4) is 17.7 Å². The van der Waals surface area contributed by atoms with E-state index >= 15 is 0 Å². The minimum atomic E-state index is -0.760. The van der Waals surface area contributed by atoms with Gasteiger partial charge in [0.25, 0.3) is 0 Å². The summed E-state index contributed by atoms with van der Waals surface area (Å²) < 4.78 is 3.44. The highest BCUT2D eigenvalue weighted by atomic mass is 16.3. The van der Waals surface area contributed by atoms with Gasteiger partial charge in [0.2, 0.25) is 0 Å². The zero-order chi connectivity index (χ0) is 23.8. The second-order valence-electron chi connectivity index (χ2n) is 7.96. The summed E-state index contributed by atoms with van der Waals surface area (Å²) in [4.78, 5) is 9.32. The van der Waals surface area contributed by atoms with Crippen LogP contribution in [-0.4, -0.2) is 39.6 Å². The Morgan fingerprint density at radius 2 is 1.91 bits per heavy atom. The lowest BCUT2D eigenvalue weighted by Gasteiger charge is -2.14. The zero-order valence-corrected chi connectivity index (χ0v) is 18.8. The number of nitrogens with zero attached hydrogens (tertiary/aromatic N) is 8. The van der Waals surface area contributed by atoms with Crippen LogP contribution >= 0.6 is 0 Å². The second kappa shape index (κ2) is 8.38. The number of anilines is 2. The van der Waals surface area contributed by atoms with Gasteiger partial charge < -0.3 is 10.4 Å². The van der Waals surface area contributed by atoms with Crippen LogP contribution in [0.1, 0.15) is 35.7 Å². The van der Waals surface area contributed by atoms with E-state index in [2.05, 4.69) is 25.6 Å². The second-order valence-corrected chi connectivity index (χ2v) is 7.96. The Labute approximate surface area is 195 Å². The largest absolute Gasteiger partial charge is 0.389 e. The number of aromatic nitrogens is 7. The number of rotatable bonds is 5. The molecule has 4 heterocycles. The molecule has 5 aromatic rings. The summed E-state index contributed by atoms with van der Waals surface area (Å²) in [6.07, 6.45) is 0.939. The molecule has 5 rings (SSSR count). The summed E-state index contributed by atoms with van der Waals surface area (Å²) in [7, 11) is 0. The van der Waals surface area contributed by atoms with Crippen molar-refractivity contribution < 1.29 is 5.11 Å². The number of hydrogen-bond donors (Lipinski definition) is 2. The molecule has 0 fully saturated rings. The van der Waals surface area contributed by atoms with Gasteiger partial charge in [-0.3, -0.25) is 4.57 Å². The highest BCUT2D eigenvalue weighted by Gasteiger charge is 2.17. The molecule has 1 aromatic carbocycles. The van der Waals surface area contributed by atoms with Gasteiger partial charge >= 0.3 is 0 Å². The van der Waals surface area contributed by atoms with E-state index in [9.17, 15) is 10.4 Å². The molecule has 1 unspecified atom stereocenters. The van der Waals surface area contributed by atoms with Crippen molar-refractivity contribution in [2.45, 2.75) is 26.9 Å². The third kappa shape index (κ3) is 3.85. The molecule has 2 N–H and O–H groups in total. The van der Waals surface area contributed by atoms with E-state index in [1.807, 2.05) is 66.9 Å². The fraction of sp³-hybridized carbons (Fsp3) is 0.167. The molecule has 0 saturated carbocycles. The van der Waals surface area contributed by atoms with Gasteiger partial charge in [0, 0.05) is 16.9 Å². The summed E-state index contributed by atoms with van der Waals surface area (Å²) in [6, 6.07) is 16.9. The topological polar surface area (TPSA) is 130 Å². The van der Waals surface area contributed by atoms with Crippen LogP contribution in [0.3, 0.4) is 0 Å². The van der Waals surface area contributed by atoms with E-state index in [4.69, 9.17) is 4.98 Å². The van der Waals surface area contributed by atoms with Crippen molar-refractivity contribution >= 4 is 22.5 Å². The quantitative estimate of drug-likeness (QED) is 0.414. The number of nitrogens with one attached hydrogen (secondary N) is 1. The third-order valence-corrected chi connectivity index (χ3v) is 5.41. The molecule has 0 aliphatic rings. The van der Waals surface area contributed by atoms with Crippen molar-refractivity contribution in [3.63, 3.8) is 0 Å². The number of aliphatic hydroxyl groups excluding tert-OH is 1. The predicted octanol–water partition coefficient (Wildman–Crippen LogP) is 3.68. The monoisotopic (exact) mass is 451 g/mol. The summed E-state index contributed by atoms with van der Waals surface area (Å²) in [5.74, 6) is 1.72. The smallest absolute Gasteiger partial charge is 0.163 e. The number of fused-ring (bicyclic) bond motifs is 1. The molecule has 34 heavy (non-hydrogen) atoms. The van der Waals surface area contributed by atoms with Gasteiger partial charge in [-0.15, -0.1) is 5.10 Å². The molecule has 1 atom stereocenters. The SMILES string of the molecule is Cc1ccc(Nc2ccc3c(c2)ncn3-c2ccc(C(C)O)c(-n3nc(C#N)cc3C)n2)nn1. The summed E-state index contributed by atoms with van der Waals surface area (Å²) in [5.41, 5.74) is 4.96. The lowest BCUT2D eigenvalue weighted by molar-refractivity contribution is 0.198. The fourth-order valence-corrected chi connectivity index (χ4v) is 3.71. The average Bonchev–Trinajstić information content (AvgIpc) is 3.43. The van der Waals surface area contributed by atoms with Gasteiger partial charge in [0.15, 0.2) is 17.3 Å². The van der Waals surface area contributed by atoms with Crippen LogP contribution in [0.2, 0.25) is 0 Å². The molecule has 168 valence electrons. The van der Waals surface area contributed by atoms with Gasteiger partial charge in [0.05, 0.1) is 22.8 Å². The van der Waals surface area contributed by atoms with Crippen LogP contribution < -0.4 is 5.32 Å². The van der Waals surface area contributed by atoms with Crippen LogP contribution in [0, 0.1) is 25.2 Å². The first kappa shape index (κ1) is 21.2. The van der Waals surface area contributed by atoms with Gasteiger partial charge in [-0.25, -0.2) is 14.6 Å². The molecule has 0 spiro atoms. The Morgan fingerprint density at radius 1 is 1.06 bits per heavy atom. The number of aryl methyl sites for hydroxylation is 2. The first-order chi connectivity index (χ1) is 16.4. The minimum absolute atomic E-state index is 0.285. The Hall–Kier alpha value is -4.62. The van der Waals surface area contributed by atoms with Crippen LogP contribution in [0.4, 0.5) is 11.5 Å². The van der Waals surface area contributed by atoms with E-state index in [1.54, 1.807) is 24.0 Å². The molecule has 4 aromatic heterocycles. The molecule has 0 amide bonds.